The maximum absolute atomic E-state index is 12.1. The lowest BCUT2D eigenvalue weighted by molar-refractivity contribution is -0.119. The molecule has 2 rings (SSSR count). The first-order chi connectivity index (χ1) is 10.1. The summed E-state index contributed by atoms with van der Waals surface area (Å²) in [5, 5.41) is 11.8. The monoisotopic (exact) mass is 295 g/mol. The number of carbonyl (C=O) groups excluding carboxylic acids is 1. The molecule has 0 spiro atoms. The summed E-state index contributed by atoms with van der Waals surface area (Å²) in [6.45, 7) is 0.914. The molecule has 1 saturated heterocycles. The molecular weight excluding hydrogens is 278 g/mol. The van der Waals surface area contributed by atoms with Gasteiger partial charge in [-0.15, -0.1) is 0 Å². The fourth-order valence-electron chi connectivity index (χ4n) is 2.16. The zero-order chi connectivity index (χ0) is 15.4. The van der Waals surface area contributed by atoms with Crippen LogP contribution in [-0.2, 0) is 9.53 Å². The van der Waals surface area contributed by atoms with Crippen LogP contribution in [0.4, 0.5) is 5.69 Å². The van der Waals surface area contributed by atoms with Gasteiger partial charge in [0.1, 0.15) is 0 Å². The summed E-state index contributed by atoms with van der Waals surface area (Å²) in [5.41, 5.74) is 0.275. The molecule has 1 aromatic rings. The molecule has 1 aliphatic rings. The Morgan fingerprint density at radius 3 is 2.62 bits per heavy atom. The van der Waals surface area contributed by atoms with Crippen molar-refractivity contribution < 1.29 is 28.9 Å². The molecule has 0 aromatic heterocycles. The van der Waals surface area contributed by atoms with Crippen LogP contribution in [0.25, 0.3) is 0 Å². The van der Waals surface area contributed by atoms with Crippen molar-refractivity contribution in [1.82, 2.24) is 0 Å². The molecule has 0 aliphatic carbocycles. The van der Waals surface area contributed by atoms with Crippen molar-refractivity contribution in [3.8, 4) is 11.5 Å². The minimum atomic E-state index is -1.12. The largest absolute Gasteiger partial charge is 0.493 e. The number of carboxylic acids is 1. The number of hydrogen-bond donors (Lipinski definition) is 2. The highest BCUT2D eigenvalue weighted by atomic mass is 16.5. The smallest absolute Gasteiger partial charge is 0.335 e. The zero-order valence-corrected chi connectivity index (χ0v) is 11.8. The summed E-state index contributed by atoms with van der Waals surface area (Å²) < 4.78 is 15.5. The minimum Gasteiger partial charge on any atom is -0.493 e. The summed E-state index contributed by atoms with van der Waals surface area (Å²) in [6, 6.07) is 2.69. The molecule has 1 aromatic carbocycles. The van der Waals surface area contributed by atoms with Gasteiger partial charge < -0.3 is 24.6 Å². The van der Waals surface area contributed by atoms with Crippen molar-refractivity contribution in [3.05, 3.63) is 17.7 Å². The van der Waals surface area contributed by atoms with E-state index in [2.05, 4.69) is 5.32 Å². The lowest BCUT2D eigenvalue weighted by Crippen LogP contribution is -2.23. The number of hydrogen-bond acceptors (Lipinski definition) is 5. The predicted molar refractivity (Wildman–Crippen MR) is 74.1 cm³/mol. The third kappa shape index (κ3) is 3.25. The van der Waals surface area contributed by atoms with Gasteiger partial charge in [0.25, 0.3) is 0 Å². The van der Waals surface area contributed by atoms with Crippen molar-refractivity contribution in [2.45, 2.75) is 6.42 Å². The van der Waals surface area contributed by atoms with Crippen LogP contribution in [0.5, 0.6) is 11.5 Å². The summed E-state index contributed by atoms with van der Waals surface area (Å²) >= 11 is 0. The van der Waals surface area contributed by atoms with E-state index in [9.17, 15) is 9.59 Å². The molecular formula is C14H17NO6. The summed E-state index contributed by atoms with van der Waals surface area (Å²) in [5.74, 6) is -1.05. The molecule has 2 N–H and O–H groups in total. The van der Waals surface area contributed by atoms with Crippen molar-refractivity contribution in [2.24, 2.45) is 5.92 Å². The molecule has 1 amide bonds. The van der Waals surface area contributed by atoms with Gasteiger partial charge in [-0.25, -0.2) is 4.79 Å². The average molecular weight is 295 g/mol. The second kappa shape index (κ2) is 6.45. The van der Waals surface area contributed by atoms with Crippen LogP contribution in [0, 0.1) is 5.92 Å². The molecule has 1 atom stereocenters. The highest BCUT2D eigenvalue weighted by Crippen LogP contribution is 2.37. The molecule has 21 heavy (non-hydrogen) atoms. The van der Waals surface area contributed by atoms with Crippen molar-refractivity contribution in [2.75, 3.05) is 32.8 Å². The van der Waals surface area contributed by atoms with Crippen LogP contribution in [0.15, 0.2) is 12.1 Å². The molecule has 114 valence electrons. The minimum absolute atomic E-state index is 0.00521. The van der Waals surface area contributed by atoms with Gasteiger partial charge in [-0.2, -0.15) is 0 Å². The SMILES string of the molecule is COc1cc(C(=O)O)cc(NC(=O)C2CCOC2)c1OC. The standard InChI is InChI=1S/C14H17NO6/c1-19-11-6-9(14(17)18)5-10(12(11)20-2)15-13(16)8-3-4-21-7-8/h5-6,8H,3-4,7H2,1-2H3,(H,15,16)(H,17,18). The Morgan fingerprint density at radius 1 is 1.33 bits per heavy atom. The van der Waals surface area contributed by atoms with Gasteiger partial charge in [0.05, 0.1) is 38.0 Å². The number of nitrogens with one attached hydrogen (secondary N) is 1. The molecule has 7 nitrogen and oxygen atoms in total. The first-order valence-electron chi connectivity index (χ1n) is 6.44. The highest BCUT2D eigenvalue weighted by Gasteiger charge is 2.25. The Kier molecular flexibility index (Phi) is 4.64. The number of anilines is 1. The Bertz CT molecular complexity index is 551. The molecule has 1 unspecified atom stereocenters. The molecule has 1 aliphatic heterocycles. The summed E-state index contributed by atoms with van der Waals surface area (Å²) in [6.07, 6.45) is 0.643. The molecule has 1 fully saturated rings. The van der Waals surface area contributed by atoms with Crippen LogP contribution in [0.2, 0.25) is 0 Å². The summed E-state index contributed by atoms with van der Waals surface area (Å²) in [7, 11) is 2.83. The third-order valence-electron chi connectivity index (χ3n) is 3.28. The van der Waals surface area contributed by atoms with Crippen molar-refractivity contribution >= 4 is 17.6 Å². The number of methoxy groups -OCH3 is 2. The van der Waals surface area contributed by atoms with Crippen LogP contribution < -0.4 is 14.8 Å². The Labute approximate surface area is 121 Å². The van der Waals surface area contributed by atoms with E-state index in [4.69, 9.17) is 19.3 Å². The van der Waals surface area contributed by atoms with Gasteiger partial charge in [-0.05, 0) is 18.6 Å². The van der Waals surface area contributed by atoms with E-state index in [-0.39, 0.29) is 34.6 Å². The highest BCUT2D eigenvalue weighted by molar-refractivity contribution is 5.97. The van der Waals surface area contributed by atoms with Crippen LogP contribution in [0.3, 0.4) is 0 Å². The Balaban J connectivity index is 2.33. The normalized spacial score (nSPS) is 17.3. The van der Waals surface area contributed by atoms with Gasteiger partial charge in [0, 0.05) is 6.61 Å². The zero-order valence-electron chi connectivity index (χ0n) is 11.8. The molecule has 0 saturated carbocycles. The lowest BCUT2D eigenvalue weighted by Gasteiger charge is -2.16. The van der Waals surface area contributed by atoms with Crippen LogP contribution in [0.1, 0.15) is 16.8 Å². The van der Waals surface area contributed by atoms with Gasteiger partial charge in [0.2, 0.25) is 5.91 Å². The number of ether oxygens (including phenoxy) is 3. The second-order valence-electron chi connectivity index (χ2n) is 4.61. The van der Waals surface area contributed by atoms with E-state index in [0.29, 0.717) is 19.6 Å². The van der Waals surface area contributed by atoms with E-state index in [1.54, 1.807) is 0 Å². The van der Waals surface area contributed by atoms with E-state index < -0.39 is 5.97 Å². The molecule has 0 bridgehead atoms. The van der Waals surface area contributed by atoms with Gasteiger partial charge in [-0.1, -0.05) is 0 Å². The number of aromatic carboxylic acids is 1. The van der Waals surface area contributed by atoms with Gasteiger partial charge in [-0.3, -0.25) is 4.79 Å². The Hall–Kier alpha value is -2.28. The molecule has 1 heterocycles. The van der Waals surface area contributed by atoms with Crippen molar-refractivity contribution in [1.29, 1.82) is 0 Å². The molecule has 7 heteroatoms. The third-order valence-corrected chi connectivity index (χ3v) is 3.28. The maximum atomic E-state index is 12.1. The summed E-state index contributed by atoms with van der Waals surface area (Å²) in [4.78, 5) is 23.3. The average Bonchev–Trinajstić information content (AvgIpc) is 3.00. The number of carbonyl (C=O) groups is 2. The quantitative estimate of drug-likeness (QED) is 0.852. The van der Waals surface area contributed by atoms with E-state index in [1.807, 2.05) is 0 Å². The van der Waals surface area contributed by atoms with Gasteiger partial charge >= 0.3 is 5.97 Å². The van der Waals surface area contributed by atoms with E-state index in [1.165, 1.54) is 26.4 Å². The van der Waals surface area contributed by atoms with Crippen molar-refractivity contribution in [3.63, 3.8) is 0 Å². The lowest BCUT2D eigenvalue weighted by atomic mass is 10.1. The number of amides is 1. The number of rotatable bonds is 5. The first kappa shape index (κ1) is 15.1. The van der Waals surface area contributed by atoms with E-state index >= 15 is 0 Å². The number of carboxylic acid groups (broad SMARTS) is 1. The van der Waals surface area contributed by atoms with E-state index in [0.717, 1.165) is 0 Å². The fourth-order valence-corrected chi connectivity index (χ4v) is 2.16. The van der Waals surface area contributed by atoms with Gasteiger partial charge in [0.15, 0.2) is 11.5 Å². The predicted octanol–water partition coefficient (Wildman–Crippen LogP) is 1.38. The van der Waals surface area contributed by atoms with Crippen LogP contribution in [-0.4, -0.2) is 44.4 Å². The Morgan fingerprint density at radius 2 is 2.10 bits per heavy atom. The second-order valence-corrected chi connectivity index (χ2v) is 4.61. The van der Waals surface area contributed by atoms with Crippen LogP contribution >= 0.6 is 0 Å². The first-order valence-corrected chi connectivity index (χ1v) is 6.44. The fraction of sp³-hybridized carbons (Fsp3) is 0.429. The molecule has 0 radical (unpaired) electrons. The maximum Gasteiger partial charge on any atom is 0.335 e. The topological polar surface area (TPSA) is 94.1 Å². The number of benzene rings is 1.